The second-order valence-corrected chi connectivity index (χ2v) is 4.69. The van der Waals surface area contributed by atoms with Gasteiger partial charge in [0.1, 0.15) is 5.75 Å². The van der Waals surface area contributed by atoms with Crippen molar-refractivity contribution in [2.75, 3.05) is 11.9 Å². The summed E-state index contributed by atoms with van der Waals surface area (Å²) < 4.78 is 5.63. The van der Waals surface area contributed by atoms with Crippen LogP contribution in [0, 0.1) is 13.8 Å². The summed E-state index contributed by atoms with van der Waals surface area (Å²) in [4.78, 5) is 0. The Morgan fingerprint density at radius 3 is 2.53 bits per heavy atom. The van der Waals surface area contributed by atoms with E-state index in [1.807, 2.05) is 25.1 Å². The molecule has 100 valence electrons. The highest BCUT2D eigenvalue weighted by Crippen LogP contribution is 2.20. The standard InChI is InChI=1S/C17H21NO/c1-4-19-17-8-6-5-7-15(17)12-18-16-10-9-13(2)14(3)11-16/h5-11,18H,4,12H2,1-3H3. The van der Waals surface area contributed by atoms with Crippen LogP contribution in [0.2, 0.25) is 0 Å². The van der Waals surface area contributed by atoms with Gasteiger partial charge in [-0.3, -0.25) is 0 Å². The van der Waals surface area contributed by atoms with Crippen LogP contribution in [0.4, 0.5) is 5.69 Å². The lowest BCUT2D eigenvalue weighted by atomic mass is 10.1. The first-order chi connectivity index (χ1) is 9.20. The SMILES string of the molecule is CCOc1ccccc1CNc1ccc(C)c(C)c1. The Kier molecular flexibility index (Phi) is 4.45. The van der Waals surface area contributed by atoms with Crippen LogP contribution in [-0.4, -0.2) is 6.61 Å². The van der Waals surface area contributed by atoms with Crippen molar-refractivity contribution in [2.24, 2.45) is 0 Å². The maximum atomic E-state index is 5.63. The van der Waals surface area contributed by atoms with Gasteiger partial charge in [0.25, 0.3) is 0 Å². The van der Waals surface area contributed by atoms with Gasteiger partial charge < -0.3 is 10.1 Å². The van der Waals surface area contributed by atoms with Crippen LogP contribution in [0.5, 0.6) is 5.75 Å². The fraction of sp³-hybridized carbons (Fsp3) is 0.294. The zero-order valence-corrected chi connectivity index (χ0v) is 11.9. The molecule has 0 spiro atoms. The van der Waals surface area contributed by atoms with E-state index < -0.39 is 0 Å². The lowest BCUT2D eigenvalue weighted by molar-refractivity contribution is 0.337. The van der Waals surface area contributed by atoms with Gasteiger partial charge in [-0.2, -0.15) is 0 Å². The van der Waals surface area contributed by atoms with E-state index in [4.69, 9.17) is 4.74 Å². The molecule has 0 aliphatic rings. The van der Waals surface area contributed by atoms with Crippen molar-refractivity contribution in [3.63, 3.8) is 0 Å². The van der Waals surface area contributed by atoms with Crippen LogP contribution in [0.1, 0.15) is 23.6 Å². The highest BCUT2D eigenvalue weighted by molar-refractivity contribution is 5.49. The number of anilines is 1. The third kappa shape index (κ3) is 3.50. The number of rotatable bonds is 5. The molecule has 0 aliphatic carbocycles. The van der Waals surface area contributed by atoms with Crippen molar-refractivity contribution in [3.8, 4) is 5.75 Å². The van der Waals surface area contributed by atoms with Gasteiger partial charge in [-0.15, -0.1) is 0 Å². The highest BCUT2D eigenvalue weighted by atomic mass is 16.5. The fourth-order valence-electron chi connectivity index (χ4n) is 1.99. The maximum Gasteiger partial charge on any atom is 0.124 e. The van der Waals surface area contributed by atoms with E-state index in [9.17, 15) is 0 Å². The molecule has 19 heavy (non-hydrogen) atoms. The smallest absolute Gasteiger partial charge is 0.124 e. The molecule has 0 radical (unpaired) electrons. The molecule has 0 unspecified atom stereocenters. The second kappa shape index (κ2) is 6.28. The summed E-state index contributed by atoms with van der Waals surface area (Å²) in [5.74, 6) is 0.960. The van der Waals surface area contributed by atoms with Crippen LogP contribution in [-0.2, 0) is 6.54 Å². The van der Waals surface area contributed by atoms with Gasteiger partial charge >= 0.3 is 0 Å². The van der Waals surface area contributed by atoms with Crippen molar-refractivity contribution in [3.05, 3.63) is 59.2 Å². The summed E-state index contributed by atoms with van der Waals surface area (Å²) in [6.07, 6.45) is 0. The summed E-state index contributed by atoms with van der Waals surface area (Å²) in [5.41, 5.74) is 4.96. The van der Waals surface area contributed by atoms with Crippen molar-refractivity contribution in [2.45, 2.75) is 27.3 Å². The van der Waals surface area contributed by atoms with Crippen molar-refractivity contribution >= 4 is 5.69 Å². The van der Waals surface area contributed by atoms with E-state index in [2.05, 4.69) is 43.4 Å². The largest absolute Gasteiger partial charge is 0.494 e. The zero-order valence-electron chi connectivity index (χ0n) is 11.9. The molecular weight excluding hydrogens is 234 g/mol. The number of para-hydroxylation sites is 1. The Bertz CT molecular complexity index is 549. The summed E-state index contributed by atoms with van der Waals surface area (Å²) in [6.45, 7) is 7.74. The number of nitrogens with one attached hydrogen (secondary N) is 1. The fourth-order valence-corrected chi connectivity index (χ4v) is 1.99. The minimum atomic E-state index is 0.695. The van der Waals surface area contributed by atoms with Gasteiger partial charge in [0.15, 0.2) is 0 Å². The van der Waals surface area contributed by atoms with Gasteiger partial charge in [-0.25, -0.2) is 0 Å². The van der Waals surface area contributed by atoms with Gasteiger partial charge in [0.05, 0.1) is 6.61 Å². The molecule has 0 atom stereocenters. The Morgan fingerprint density at radius 1 is 1.00 bits per heavy atom. The van der Waals surface area contributed by atoms with Gasteiger partial charge in [-0.1, -0.05) is 24.3 Å². The van der Waals surface area contributed by atoms with E-state index in [0.717, 1.165) is 18.0 Å². The van der Waals surface area contributed by atoms with E-state index in [1.165, 1.54) is 16.7 Å². The first kappa shape index (κ1) is 13.5. The van der Waals surface area contributed by atoms with E-state index in [0.29, 0.717) is 6.61 Å². The minimum absolute atomic E-state index is 0.695. The molecule has 0 aromatic heterocycles. The summed E-state index contributed by atoms with van der Waals surface area (Å²) in [6, 6.07) is 14.6. The van der Waals surface area contributed by atoms with Crippen LogP contribution >= 0.6 is 0 Å². The minimum Gasteiger partial charge on any atom is -0.494 e. The van der Waals surface area contributed by atoms with Gasteiger partial charge in [0, 0.05) is 17.8 Å². The van der Waals surface area contributed by atoms with Crippen molar-refractivity contribution in [1.82, 2.24) is 0 Å². The monoisotopic (exact) mass is 255 g/mol. The first-order valence-electron chi connectivity index (χ1n) is 6.72. The predicted octanol–water partition coefficient (Wildman–Crippen LogP) is 4.31. The van der Waals surface area contributed by atoms with E-state index >= 15 is 0 Å². The molecule has 0 heterocycles. The van der Waals surface area contributed by atoms with Crippen LogP contribution in [0.3, 0.4) is 0 Å². The lowest BCUT2D eigenvalue weighted by Crippen LogP contribution is -2.03. The molecule has 0 saturated heterocycles. The molecule has 2 aromatic rings. The second-order valence-electron chi connectivity index (χ2n) is 4.69. The summed E-state index contributed by atoms with van der Waals surface area (Å²) >= 11 is 0. The molecule has 1 N–H and O–H groups in total. The number of hydrogen-bond acceptors (Lipinski definition) is 2. The first-order valence-corrected chi connectivity index (χ1v) is 6.72. The van der Waals surface area contributed by atoms with E-state index in [1.54, 1.807) is 0 Å². The Balaban J connectivity index is 2.07. The lowest BCUT2D eigenvalue weighted by Gasteiger charge is -2.12. The third-order valence-electron chi connectivity index (χ3n) is 3.26. The maximum absolute atomic E-state index is 5.63. The molecular formula is C17H21NO. The average molecular weight is 255 g/mol. The van der Waals surface area contributed by atoms with Crippen molar-refractivity contribution < 1.29 is 4.74 Å². The van der Waals surface area contributed by atoms with Crippen molar-refractivity contribution in [1.29, 1.82) is 0 Å². The Morgan fingerprint density at radius 2 is 1.79 bits per heavy atom. The summed E-state index contributed by atoms with van der Waals surface area (Å²) in [7, 11) is 0. The molecule has 0 amide bonds. The molecule has 0 saturated carbocycles. The molecule has 2 heteroatoms. The molecule has 2 nitrogen and oxygen atoms in total. The molecule has 0 aliphatic heterocycles. The van der Waals surface area contributed by atoms with Crippen LogP contribution < -0.4 is 10.1 Å². The summed E-state index contributed by atoms with van der Waals surface area (Å²) in [5, 5.41) is 3.45. The number of ether oxygens (including phenoxy) is 1. The van der Waals surface area contributed by atoms with Gasteiger partial charge in [0.2, 0.25) is 0 Å². The quantitative estimate of drug-likeness (QED) is 0.859. The Hall–Kier alpha value is -1.96. The predicted molar refractivity (Wildman–Crippen MR) is 80.9 cm³/mol. The highest BCUT2D eigenvalue weighted by Gasteiger charge is 2.02. The number of aryl methyl sites for hydroxylation is 2. The Labute approximate surface area is 115 Å². The van der Waals surface area contributed by atoms with Crippen LogP contribution in [0.15, 0.2) is 42.5 Å². The molecule has 2 rings (SSSR count). The van der Waals surface area contributed by atoms with E-state index in [-0.39, 0.29) is 0 Å². The molecule has 2 aromatic carbocycles. The normalized spacial score (nSPS) is 10.3. The van der Waals surface area contributed by atoms with Crippen LogP contribution in [0.25, 0.3) is 0 Å². The average Bonchev–Trinajstić information content (AvgIpc) is 2.42. The van der Waals surface area contributed by atoms with Gasteiger partial charge in [-0.05, 0) is 50.1 Å². The number of benzene rings is 2. The molecule has 0 bridgehead atoms. The number of hydrogen-bond donors (Lipinski definition) is 1. The topological polar surface area (TPSA) is 21.3 Å². The third-order valence-corrected chi connectivity index (χ3v) is 3.26. The molecule has 0 fully saturated rings. The zero-order chi connectivity index (χ0) is 13.7.